The molecule has 2 amide bonds. The number of rotatable bonds is 15. The van der Waals surface area contributed by atoms with Crippen LogP contribution < -0.4 is 10.6 Å². The summed E-state index contributed by atoms with van der Waals surface area (Å²) < 4.78 is 0. The van der Waals surface area contributed by atoms with Gasteiger partial charge >= 0.3 is 0 Å². The van der Waals surface area contributed by atoms with Crippen LogP contribution in [-0.2, 0) is 16.1 Å². The van der Waals surface area contributed by atoms with Crippen LogP contribution in [0.2, 0.25) is 0 Å². The summed E-state index contributed by atoms with van der Waals surface area (Å²) >= 11 is 1.84. The zero-order valence-electron chi connectivity index (χ0n) is 20.5. The van der Waals surface area contributed by atoms with E-state index in [0.717, 1.165) is 30.7 Å². The van der Waals surface area contributed by atoms with Crippen LogP contribution >= 0.6 is 11.8 Å². The van der Waals surface area contributed by atoms with Crippen LogP contribution in [0.3, 0.4) is 0 Å². The van der Waals surface area contributed by atoms with Crippen LogP contribution in [0.15, 0.2) is 23.1 Å². The number of unbranched alkanes of at least 4 members (excludes halogenated alkanes) is 5. The summed E-state index contributed by atoms with van der Waals surface area (Å²) in [5.41, 5.74) is 1.66. The van der Waals surface area contributed by atoms with Gasteiger partial charge in [0.1, 0.15) is 6.29 Å². The Bertz CT molecular complexity index is 813. The number of amides is 2. The second kappa shape index (κ2) is 14.5. The van der Waals surface area contributed by atoms with Gasteiger partial charge < -0.3 is 25.2 Å². The highest BCUT2D eigenvalue weighted by Gasteiger charge is 2.32. The fourth-order valence-corrected chi connectivity index (χ4v) is 5.62. The van der Waals surface area contributed by atoms with Crippen molar-refractivity contribution in [1.82, 2.24) is 20.4 Å². The van der Waals surface area contributed by atoms with Crippen LogP contribution in [-0.4, -0.2) is 79.5 Å². The second-order valence-corrected chi connectivity index (χ2v) is 10.4. The van der Waals surface area contributed by atoms with Crippen LogP contribution in [0, 0.1) is 0 Å². The first kappa shape index (κ1) is 26.7. The number of aldehydes is 1. The second-order valence-electron chi connectivity index (χ2n) is 9.23. The minimum absolute atomic E-state index is 0.113. The number of hydrogen-bond acceptors (Lipinski definition) is 6. The summed E-state index contributed by atoms with van der Waals surface area (Å²) in [6.45, 7) is 6.34. The summed E-state index contributed by atoms with van der Waals surface area (Å²) in [5.74, 6) is 0.850. The molecule has 1 unspecified atom stereocenters. The Hall–Kier alpha value is -1.90. The van der Waals surface area contributed by atoms with Crippen molar-refractivity contribution in [3.05, 3.63) is 29.3 Å². The van der Waals surface area contributed by atoms with Gasteiger partial charge in [-0.05, 0) is 55.3 Å². The highest BCUT2D eigenvalue weighted by atomic mass is 32.2. The maximum atomic E-state index is 12.8. The lowest BCUT2D eigenvalue weighted by Crippen LogP contribution is -2.43. The number of hydrogen-bond donors (Lipinski definition) is 2. The van der Waals surface area contributed by atoms with E-state index in [9.17, 15) is 14.4 Å². The average Bonchev–Trinajstić information content (AvgIpc) is 3.19. The molecule has 1 fully saturated rings. The van der Waals surface area contributed by atoms with E-state index in [1.165, 1.54) is 63.1 Å². The standard InChI is InChI=1S/C26H40N4O3S/c1-27-25(32)11-8-22(20-31)30-19-21-18-23(9-10-24(21)26(30)33)34-17-7-5-3-2-4-6-14-29-15-12-28-13-16-29/h9-10,18,20,22,28H,2-8,11-17,19H2,1H3,(H,27,32). The number of piperazine rings is 1. The van der Waals surface area contributed by atoms with Crippen molar-refractivity contribution in [2.45, 2.75) is 68.8 Å². The molecule has 7 nitrogen and oxygen atoms in total. The number of nitrogens with zero attached hydrogens (tertiary/aromatic N) is 2. The van der Waals surface area contributed by atoms with Crippen LogP contribution in [0.5, 0.6) is 0 Å². The van der Waals surface area contributed by atoms with Gasteiger partial charge in [0.25, 0.3) is 5.91 Å². The highest BCUT2D eigenvalue weighted by Crippen LogP contribution is 2.30. The van der Waals surface area contributed by atoms with Gasteiger partial charge in [-0.2, -0.15) is 0 Å². The number of nitrogens with one attached hydrogen (secondary N) is 2. The summed E-state index contributed by atoms with van der Waals surface area (Å²) in [7, 11) is 1.57. The fourth-order valence-electron chi connectivity index (χ4n) is 4.65. The van der Waals surface area contributed by atoms with Crippen molar-refractivity contribution in [2.24, 2.45) is 0 Å². The molecule has 0 spiro atoms. The normalized spacial score (nSPS) is 17.0. The van der Waals surface area contributed by atoms with Gasteiger partial charge in [0.05, 0.1) is 6.04 Å². The molecule has 0 bridgehead atoms. The Morgan fingerprint density at radius 1 is 1.15 bits per heavy atom. The third-order valence-electron chi connectivity index (χ3n) is 6.76. The summed E-state index contributed by atoms with van der Waals surface area (Å²) in [6, 6.07) is 5.43. The van der Waals surface area contributed by atoms with Crippen LogP contribution in [0.25, 0.3) is 0 Å². The van der Waals surface area contributed by atoms with Crippen molar-refractivity contribution in [1.29, 1.82) is 0 Å². The van der Waals surface area contributed by atoms with E-state index < -0.39 is 6.04 Å². The molecule has 188 valence electrons. The monoisotopic (exact) mass is 488 g/mol. The molecule has 1 aromatic rings. The minimum atomic E-state index is -0.565. The lowest BCUT2D eigenvalue weighted by atomic mass is 10.1. The topological polar surface area (TPSA) is 81.8 Å². The zero-order valence-corrected chi connectivity index (χ0v) is 21.3. The molecule has 2 N–H and O–H groups in total. The van der Waals surface area contributed by atoms with E-state index in [1.807, 2.05) is 23.9 Å². The van der Waals surface area contributed by atoms with Crippen molar-refractivity contribution < 1.29 is 14.4 Å². The highest BCUT2D eigenvalue weighted by molar-refractivity contribution is 7.99. The van der Waals surface area contributed by atoms with E-state index in [4.69, 9.17) is 0 Å². The molecule has 1 aromatic carbocycles. The number of carbonyl (C=O) groups excluding carboxylic acids is 3. The smallest absolute Gasteiger partial charge is 0.255 e. The molecule has 2 aliphatic rings. The Labute approximate surface area is 208 Å². The van der Waals surface area contributed by atoms with Gasteiger partial charge in [0, 0.05) is 56.7 Å². The first-order valence-electron chi connectivity index (χ1n) is 12.8. The fraction of sp³-hybridized carbons (Fsp3) is 0.654. The quantitative estimate of drug-likeness (QED) is 0.224. The molecule has 34 heavy (non-hydrogen) atoms. The molecular weight excluding hydrogens is 448 g/mol. The number of thioether (sulfide) groups is 1. The summed E-state index contributed by atoms with van der Waals surface area (Å²) in [5, 5.41) is 5.96. The molecule has 0 aromatic heterocycles. The maximum Gasteiger partial charge on any atom is 0.255 e. The molecule has 1 atom stereocenters. The minimum Gasteiger partial charge on any atom is -0.359 e. The van der Waals surface area contributed by atoms with Gasteiger partial charge in [-0.3, -0.25) is 9.59 Å². The Morgan fingerprint density at radius 2 is 1.88 bits per heavy atom. The largest absolute Gasteiger partial charge is 0.359 e. The van der Waals surface area contributed by atoms with Crippen molar-refractivity contribution in [2.75, 3.05) is 45.5 Å². The average molecular weight is 489 g/mol. The Morgan fingerprint density at radius 3 is 2.62 bits per heavy atom. The van der Waals surface area contributed by atoms with E-state index >= 15 is 0 Å². The molecule has 0 radical (unpaired) electrons. The molecule has 3 rings (SSSR count). The SMILES string of the molecule is CNC(=O)CCC(C=O)N1Cc2cc(SCCCCCCCCN3CCNCC3)ccc2C1=O. The number of benzene rings is 1. The number of fused-ring (bicyclic) bond motifs is 1. The molecule has 2 aliphatic heterocycles. The van der Waals surface area contributed by atoms with Gasteiger partial charge in [-0.25, -0.2) is 0 Å². The molecule has 2 heterocycles. The Kier molecular flexibility index (Phi) is 11.4. The molecule has 1 saturated heterocycles. The van der Waals surface area contributed by atoms with E-state index in [2.05, 4.69) is 21.6 Å². The molecular formula is C26H40N4O3S. The summed E-state index contributed by atoms with van der Waals surface area (Å²) in [6.07, 6.45) is 9.12. The van der Waals surface area contributed by atoms with Crippen molar-refractivity contribution in [3.8, 4) is 0 Å². The maximum absolute atomic E-state index is 12.8. The first-order valence-corrected chi connectivity index (χ1v) is 13.8. The van der Waals surface area contributed by atoms with Crippen molar-refractivity contribution >= 4 is 29.9 Å². The van der Waals surface area contributed by atoms with E-state index in [0.29, 0.717) is 18.5 Å². The Balaban J connectivity index is 1.32. The van der Waals surface area contributed by atoms with Gasteiger partial charge in [0.15, 0.2) is 0 Å². The number of carbonyl (C=O) groups is 3. The van der Waals surface area contributed by atoms with Crippen LogP contribution in [0.4, 0.5) is 0 Å². The van der Waals surface area contributed by atoms with E-state index in [1.54, 1.807) is 11.9 Å². The van der Waals surface area contributed by atoms with E-state index in [-0.39, 0.29) is 18.2 Å². The molecule has 0 aliphatic carbocycles. The zero-order chi connectivity index (χ0) is 24.2. The molecule has 0 saturated carbocycles. The third-order valence-corrected chi connectivity index (χ3v) is 7.84. The van der Waals surface area contributed by atoms with Gasteiger partial charge in [-0.15, -0.1) is 11.8 Å². The van der Waals surface area contributed by atoms with Crippen LogP contribution in [0.1, 0.15) is 67.3 Å². The lowest BCUT2D eigenvalue weighted by molar-refractivity contribution is -0.121. The predicted molar refractivity (Wildman–Crippen MR) is 137 cm³/mol. The third kappa shape index (κ3) is 8.10. The van der Waals surface area contributed by atoms with Crippen molar-refractivity contribution in [3.63, 3.8) is 0 Å². The van der Waals surface area contributed by atoms with Gasteiger partial charge in [0.2, 0.25) is 5.91 Å². The summed E-state index contributed by atoms with van der Waals surface area (Å²) in [4.78, 5) is 41.2. The molecule has 8 heteroatoms. The first-order chi connectivity index (χ1) is 16.6. The lowest BCUT2D eigenvalue weighted by Gasteiger charge is -2.27. The predicted octanol–water partition coefficient (Wildman–Crippen LogP) is 3.07. The van der Waals surface area contributed by atoms with Gasteiger partial charge in [-0.1, -0.05) is 25.7 Å².